The molecule has 1 saturated heterocycles. The molecule has 1 aromatic heterocycles. The van der Waals surface area contributed by atoms with Crippen LogP contribution in [-0.2, 0) is 6.42 Å². The molecule has 2 atom stereocenters. The maximum absolute atomic E-state index is 5.36. The smallest absolute Gasteiger partial charge is 0.194 e. The number of nitrogens with one attached hydrogen (secondary N) is 1. The number of nitrogens with zero attached hydrogens (tertiary/aromatic N) is 2. The molecule has 1 aromatic rings. The second-order valence-electron chi connectivity index (χ2n) is 6.06. The van der Waals surface area contributed by atoms with Gasteiger partial charge < -0.3 is 14.6 Å². The molecule has 124 valence electrons. The predicted octanol–water partition coefficient (Wildman–Crippen LogP) is 3.55. The first kappa shape index (κ1) is 19.1. The Labute approximate surface area is 151 Å². The molecular weight excluding hydrogens is 389 g/mol. The Kier molecular flexibility index (Phi) is 8.60. The summed E-state index contributed by atoms with van der Waals surface area (Å²) in [6.07, 6.45) is 5.73. The molecule has 0 radical (unpaired) electrons. The normalized spacial score (nSPS) is 22.1. The lowest BCUT2D eigenvalue weighted by Gasteiger charge is -2.37. The number of likely N-dealkylation sites (tertiary alicyclic amines) is 1. The van der Waals surface area contributed by atoms with E-state index in [1.807, 2.05) is 18.2 Å². The minimum absolute atomic E-state index is 0. The Hall–Kier alpha value is -0.980. The monoisotopic (exact) mass is 417 g/mol. The van der Waals surface area contributed by atoms with E-state index in [1.165, 1.54) is 6.42 Å². The molecule has 1 aliphatic rings. The van der Waals surface area contributed by atoms with Gasteiger partial charge in [-0.05, 0) is 30.4 Å². The highest BCUT2D eigenvalue weighted by atomic mass is 127. The van der Waals surface area contributed by atoms with Crippen molar-refractivity contribution in [3.05, 3.63) is 36.8 Å². The van der Waals surface area contributed by atoms with Gasteiger partial charge in [0.05, 0.1) is 6.26 Å². The van der Waals surface area contributed by atoms with Gasteiger partial charge in [0.2, 0.25) is 0 Å². The summed E-state index contributed by atoms with van der Waals surface area (Å²) < 4.78 is 5.36. The Morgan fingerprint density at radius 1 is 1.45 bits per heavy atom. The third kappa shape index (κ3) is 6.02. The van der Waals surface area contributed by atoms with E-state index in [1.54, 1.807) is 6.26 Å². The van der Waals surface area contributed by atoms with Crippen molar-refractivity contribution in [3.8, 4) is 0 Å². The van der Waals surface area contributed by atoms with E-state index in [2.05, 4.69) is 30.6 Å². The SMILES string of the molecule is C=CCNC(=NCCc1ccco1)N1CC(C)CC(C)C1.I. The summed E-state index contributed by atoms with van der Waals surface area (Å²) in [6.45, 7) is 12.1. The van der Waals surface area contributed by atoms with E-state index in [-0.39, 0.29) is 24.0 Å². The number of hydrogen-bond acceptors (Lipinski definition) is 2. The van der Waals surface area contributed by atoms with E-state index in [9.17, 15) is 0 Å². The van der Waals surface area contributed by atoms with Gasteiger partial charge in [0.15, 0.2) is 5.96 Å². The van der Waals surface area contributed by atoms with Crippen molar-refractivity contribution < 1.29 is 4.42 Å². The average Bonchev–Trinajstić information content (AvgIpc) is 2.94. The molecule has 0 spiro atoms. The Bertz CT molecular complexity index is 448. The van der Waals surface area contributed by atoms with Gasteiger partial charge in [0.1, 0.15) is 5.76 Å². The minimum Gasteiger partial charge on any atom is -0.469 e. The summed E-state index contributed by atoms with van der Waals surface area (Å²) in [7, 11) is 0. The second kappa shape index (κ2) is 9.92. The lowest BCUT2D eigenvalue weighted by molar-refractivity contribution is 0.208. The summed E-state index contributed by atoms with van der Waals surface area (Å²) >= 11 is 0. The topological polar surface area (TPSA) is 40.8 Å². The van der Waals surface area contributed by atoms with E-state index >= 15 is 0 Å². The summed E-state index contributed by atoms with van der Waals surface area (Å²) in [5.74, 6) is 3.42. The zero-order valence-electron chi connectivity index (χ0n) is 13.6. The van der Waals surface area contributed by atoms with E-state index < -0.39 is 0 Å². The van der Waals surface area contributed by atoms with E-state index in [4.69, 9.17) is 9.41 Å². The molecule has 22 heavy (non-hydrogen) atoms. The van der Waals surface area contributed by atoms with Crippen molar-refractivity contribution in [2.75, 3.05) is 26.2 Å². The Morgan fingerprint density at radius 2 is 2.18 bits per heavy atom. The van der Waals surface area contributed by atoms with Crippen LogP contribution in [0.2, 0.25) is 0 Å². The van der Waals surface area contributed by atoms with Crippen molar-refractivity contribution in [2.45, 2.75) is 26.7 Å². The minimum atomic E-state index is 0. The first-order valence-corrected chi connectivity index (χ1v) is 7.85. The van der Waals surface area contributed by atoms with Crippen molar-refractivity contribution in [2.24, 2.45) is 16.8 Å². The van der Waals surface area contributed by atoms with Crippen molar-refractivity contribution >= 4 is 29.9 Å². The van der Waals surface area contributed by atoms with Gasteiger partial charge in [-0.3, -0.25) is 4.99 Å². The first-order valence-electron chi connectivity index (χ1n) is 7.85. The molecular formula is C17H28IN3O. The molecule has 1 N–H and O–H groups in total. The molecule has 2 unspecified atom stereocenters. The molecule has 5 heteroatoms. The van der Waals surface area contributed by atoms with Gasteiger partial charge in [-0.15, -0.1) is 30.6 Å². The summed E-state index contributed by atoms with van der Waals surface area (Å²) in [4.78, 5) is 7.13. The quantitative estimate of drug-likeness (QED) is 0.345. The van der Waals surface area contributed by atoms with Crippen LogP contribution in [0, 0.1) is 11.8 Å². The highest BCUT2D eigenvalue weighted by Gasteiger charge is 2.23. The zero-order chi connectivity index (χ0) is 15.1. The molecule has 0 aromatic carbocycles. The third-order valence-corrected chi connectivity index (χ3v) is 3.77. The fourth-order valence-electron chi connectivity index (χ4n) is 2.99. The number of aliphatic imine (C=N–C) groups is 1. The van der Waals surface area contributed by atoms with Gasteiger partial charge in [0.25, 0.3) is 0 Å². The average molecular weight is 417 g/mol. The molecule has 1 fully saturated rings. The number of hydrogen-bond donors (Lipinski definition) is 1. The van der Waals surface area contributed by atoms with Gasteiger partial charge >= 0.3 is 0 Å². The maximum Gasteiger partial charge on any atom is 0.194 e. The highest BCUT2D eigenvalue weighted by Crippen LogP contribution is 2.20. The number of rotatable bonds is 5. The van der Waals surface area contributed by atoms with Crippen LogP contribution in [0.3, 0.4) is 0 Å². The van der Waals surface area contributed by atoms with Crippen LogP contribution in [0.4, 0.5) is 0 Å². The largest absolute Gasteiger partial charge is 0.469 e. The molecule has 0 aliphatic carbocycles. The number of piperidine rings is 1. The third-order valence-electron chi connectivity index (χ3n) is 3.77. The molecule has 1 aliphatic heterocycles. The number of guanidine groups is 1. The van der Waals surface area contributed by atoms with Crippen LogP contribution in [0.5, 0.6) is 0 Å². The molecule has 0 amide bonds. The lowest BCUT2D eigenvalue weighted by atomic mass is 9.92. The van der Waals surface area contributed by atoms with Gasteiger partial charge in [-0.1, -0.05) is 19.9 Å². The van der Waals surface area contributed by atoms with E-state index in [0.717, 1.165) is 56.2 Å². The van der Waals surface area contributed by atoms with Gasteiger partial charge in [-0.25, -0.2) is 0 Å². The Balaban J connectivity index is 0.00000242. The van der Waals surface area contributed by atoms with Crippen LogP contribution in [0.15, 0.2) is 40.5 Å². The van der Waals surface area contributed by atoms with Crippen LogP contribution < -0.4 is 5.32 Å². The molecule has 2 rings (SSSR count). The van der Waals surface area contributed by atoms with Gasteiger partial charge in [0, 0.05) is 32.6 Å². The lowest BCUT2D eigenvalue weighted by Crippen LogP contribution is -2.48. The van der Waals surface area contributed by atoms with Crippen LogP contribution in [0.25, 0.3) is 0 Å². The standard InChI is InChI=1S/C17H27N3O.HI/c1-4-8-18-17(19-9-7-16-6-5-10-21-16)20-12-14(2)11-15(3)13-20;/h4-6,10,14-15H,1,7-9,11-13H2,2-3H3,(H,18,19);1H. The zero-order valence-corrected chi connectivity index (χ0v) is 16.0. The second-order valence-corrected chi connectivity index (χ2v) is 6.06. The van der Waals surface area contributed by atoms with Crippen molar-refractivity contribution in [1.29, 1.82) is 0 Å². The van der Waals surface area contributed by atoms with Crippen molar-refractivity contribution in [1.82, 2.24) is 10.2 Å². The first-order chi connectivity index (χ1) is 10.2. The predicted molar refractivity (Wildman–Crippen MR) is 103 cm³/mol. The van der Waals surface area contributed by atoms with Crippen LogP contribution >= 0.6 is 24.0 Å². The number of furan rings is 1. The Morgan fingerprint density at radius 3 is 2.77 bits per heavy atom. The van der Waals surface area contributed by atoms with E-state index in [0.29, 0.717) is 0 Å². The van der Waals surface area contributed by atoms with Crippen LogP contribution in [-0.4, -0.2) is 37.0 Å². The summed E-state index contributed by atoms with van der Waals surface area (Å²) in [5, 5.41) is 3.39. The van der Waals surface area contributed by atoms with Gasteiger partial charge in [-0.2, -0.15) is 0 Å². The molecule has 2 heterocycles. The maximum atomic E-state index is 5.36. The molecule has 0 saturated carbocycles. The number of halogens is 1. The fraction of sp³-hybridized carbons (Fsp3) is 0.588. The van der Waals surface area contributed by atoms with Crippen LogP contribution in [0.1, 0.15) is 26.0 Å². The fourth-order valence-corrected chi connectivity index (χ4v) is 2.99. The van der Waals surface area contributed by atoms with Crippen molar-refractivity contribution in [3.63, 3.8) is 0 Å². The molecule has 0 bridgehead atoms. The summed E-state index contributed by atoms with van der Waals surface area (Å²) in [6, 6.07) is 3.92. The summed E-state index contributed by atoms with van der Waals surface area (Å²) in [5.41, 5.74) is 0. The highest BCUT2D eigenvalue weighted by molar-refractivity contribution is 14.0. The molecule has 4 nitrogen and oxygen atoms in total.